The van der Waals surface area contributed by atoms with Crippen LogP contribution >= 0.6 is 0 Å². The molecule has 0 radical (unpaired) electrons. The highest BCUT2D eigenvalue weighted by Crippen LogP contribution is 2.27. The number of Topliss-reactive ketones (excluding diaryl/α,β-unsaturated/α-hetero) is 1. The average molecular weight is 461 g/mol. The molecule has 3 rings (SSSR count). The van der Waals surface area contributed by atoms with E-state index < -0.39 is 17.6 Å². The number of amides is 2. The lowest BCUT2D eigenvalue weighted by atomic mass is 9.93. The predicted molar refractivity (Wildman–Crippen MR) is 130 cm³/mol. The summed E-state index contributed by atoms with van der Waals surface area (Å²) >= 11 is 0. The van der Waals surface area contributed by atoms with Gasteiger partial charge in [-0.15, -0.1) is 0 Å². The van der Waals surface area contributed by atoms with Crippen LogP contribution < -0.4 is 20.1 Å². The standard InChI is InChI=1S/C27H28N2O5/c1-33-23-14-13-19(17-24(23)34-2)15-16-28-25(30)18-22(26(31)20-9-5-3-6-10-20)27(32)29-21-11-7-4-8-12-21/h3-14,17,22H,15-16,18H2,1-2H3,(H,28,30)(H,29,32)/t22-/m0/s1. The Bertz CT molecular complexity index is 1120. The van der Waals surface area contributed by atoms with Gasteiger partial charge in [0, 0.05) is 24.2 Å². The minimum absolute atomic E-state index is 0.252. The van der Waals surface area contributed by atoms with Gasteiger partial charge < -0.3 is 20.1 Å². The second-order valence-corrected chi connectivity index (χ2v) is 7.63. The number of benzene rings is 3. The summed E-state index contributed by atoms with van der Waals surface area (Å²) in [7, 11) is 3.13. The first kappa shape index (κ1) is 24.5. The molecule has 0 spiro atoms. The maximum Gasteiger partial charge on any atom is 0.235 e. The van der Waals surface area contributed by atoms with Gasteiger partial charge in [0.1, 0.15) is 5.92 Å². The third-order valence-electron chi connectivity index (χ3n) is 5.31. The predicted octanol–water partition coefficient (Wildman–Crippen LogP) is 3.89. The molecular weight excluding hydrogens is 432 g/mol. The molecule has 0 saturated carbocycles. The Kier molecular flexibility index (Phi) is 8.80. The summed E-state index contributed by atoms with van der Waals surface area (Å²) in [5, 5.41) is 5.55. The maximum absolute atomic E-state index is 13.1. The van der Waals surface area contributed by atoms with E-state index >= 15 is 0 Å². The first-order chi connectivity index (χ1) is 16.5. The lowest BCUT2D eigenvalue weighted by Crippen LogP contribution is -2.36. The van der Waals surface area contributed by atoms with Crippen LogP contribution in [-0.4, -0.2) is 38.4 Å². The number of carbonyl (C=O) groups excluding carboxylic acids is 3. The number of ketones is 1. The quantitative estimate of drug-likeness (QED) is 0.335. The van der Waals surface area contributed by atoms with E-state index in [1.54, 1.807) is 74.9 Å². The van der Waals surface area contributed by atoms with Crippen LogP contribution in [0.5, 0.6) is 11.5 Å². The molecule has 3 aromatic carbocycles. The normalized spacial score (nSPS) is 11.2. The summed E-state index contributed by atoms with van der Waals surface area (Å²) < 4.78 is 10.5. The van der Waals surface area contributed by atoms with Gasteiger partial charge in [0.25, 0.3) is 0 Å². The number of nitrogens with one attached hydrogen (secondary N) is 2. The van der Waals surface area contributed by atoms with Crippen LogP contribution in [0.25, 0.3) is 0 Å². The number of anilines is 1. The van der Waals surface area contributed by atoms with E-state index in [4.69, 9.17) is 9.47 Å². The highest BCUT2D eigenvalue weighted by atomic mass is 16.5. The fraction of sp³-hybridized carbons (Fsp3) is 0.222. The Balaban J connectivity index is 1.64. The monoisotopic (exact) mass is 460 g/mol. The Morgan fingerprint density at radius 2 is 1.47 bits per heavy atom. The number of methoxy groups -OCH3 is 2. The van der Waals surface area contributed by atoms with Gasteiger partial charge in [0.05, 0.1) is 14.2 Å². The fourth-order valence-electron chi connectivity index (χ4n) is 3.50. The number of rotatable bonds is 11. The molecule has 2 N–H and O–H groups in total. The Hall–Kier alpha value is -4.13. The van der Waals surface area contributed by atoms with Gasteiger partial charge >= 0.3 is 0 Å². The Morgan fingerprint density at radius 1 is 0.824 bits per heavy atom. The lowest BCUT2D eigenvalue weighted by molar-refractivity contribution is -0.126. The second kappa shape index (κ2) is 12.2. The number of hydrogen-bond acceptors (Lipinski definition) is 5. The van der Waals surface area contributed by atoms with Crippen molar-refractivity contribution in [3.63, 3.8) is 0 Å². The molecule has 176 valence electrons. The molecule has 0 unspecified atom stereocenters. The highest BCUT2D eigenvalue weighted by molar-refractivity contribution is 6.15. The molecular formula is C27H28N2O5. The van der Waals surface area contributed by atoms with Crippen LogP contribution in [0.1, 0.15) is 22.3 Å². The number of ether oxygens (including phenoxy) is 2. The first-order valence-electron chi connectivity index (χ1n) is 10.9. The molecule has 0 heterocycles. The molecule has 0 aliphatic heterocycles. The SMILES string of the molecule is COc1ccc(CCNC(=O)C[C@H](C(=O)Nc2ccccc2)C(=O)c2ccccc2)cc1OC. The van der Waals surface area contributed by atoms with E-state index in [2.05, 4.69) is 10.6 Å². The van der Waals surface area contributed by atoms with E-state index in [-0.39, 0.29) is 12.3 Å². The molecule has 7 heteroatoms. The van der Waals surface area contributed by atoms with E-state index in [0.717, 1.165) is 5.56 Å². The lowest BCUT2D eigenvalue weighted by Gasteiger charge is -2.16. The second-order valence-electron chi connectivity index (χ2n) is 7.63. The zero-order valence-electron chi connectivity index (χ0n) is 19.2. The molecule has 2 amide bonds. The van der Waals surface area contributed by atoms with Crippen molar-refractivity contribution < 1.29 is 23.9 Å². The highest BCUT2D eigenvalue weighted by Gasteiger charge is 2.30. The van der Waals surface area contributed by atoms with Crippen LogP contribution in [0, 0.1) is 5.92 Å². The van der Waals surface area contributed by atoms with Crippen LogP contribution in [-0.2, 0) is 16.0 Å². The summed E-state index contributed by atoms with van der Waals surface area (Å²) in [4.78, 5) is 38.7. The Morgan fingerprint density at radius 3 is 2.12 bits per heavy atom. The summed E-state index contributed by atoms with van der Waals surface area (Å²) in [6.07, 6.45) is 0.304. The fourth-order valence-corrected chi connectivity index (χ4v) is 3.50. The van der Waals surface area contributed by atoms with E-state index in [9.17, 15) is 14.4 Å². The van der Waals surface area contributed by atoms with Crippen molar-refractivity contribution in [2.24, 2.45) is 5.92 Å². The van der Waals surface area contributed by atoms with Crippen LogP contribution in [0.3, 0.4) is 0 Å². The van der Waals surface area contributed by atoms with Crippen molar-refractivity contribution in [2.75, 3.05) is 26.1 Å². The smallest absolute Gasteiger partial charge is 0.235 e. The molecule has 3 aromatic rings. The number of carbonyl (C=O) groups is 3. The van der Waals surface area contributed by atoms with Crippen LogP contribution in [0.15, 0.2) is 78.9 Å². The van der Waals surface area contributed by atoms with Crippen molar-refractivity contribution in [3.8, 4) is 11.5 Å². The molecule has 0 aliphatic rings. The van der Waals surface area contributed by atoms with Gasteiger partial charge in [-0.3, -0.25) is 14.4 Å². The Labute approximate surface area is 199 Å². The molecule has 0 aliphatic carbocycles. The average Bonchev–Trinajstić information content (AvgIpc) is 2.87. The van der Waals surface area contributed by atoms with Crippen molar-refractivity contribution in [2.45, 2.75) is 12.8 Å². The van der Waals surface area contributed by atoms with Crippen molar-refractivity contribution in [1.82, 2.24) is 5.32 Å². The van der Waals surface area contributed by atoms with Crippen molar-refractivity contribution >= 4 is 23.3 Å². The van der Waals surface area contributed by atoms with Gasteiger partial charge in [-0.05, 0) is 36.2 Å². The minimum atomic E-state index is -1.15. The maximum atomic E-state index is 13.1. The first-order valence-corrected chi connectivity index (χ1v) is 10.9. The van der Waals surface area contributed by atoms with Gasteiger partial charge in [0.2, 0.25) is 11.8 Å². The minimum Gasteiger partial charge on any atom is -0.493 e. The number of para-hydroxylation sites is 1. The van der Waals surface area contributed by atoms with Crippen LogP contribution in [0.4, 0.5) is 5.69 Å². The number of hydrogen-bond donors (Lipinski definition) is 2. The summed E-state index contributed by atoms with van der Waals surface area (Å²) in [5.74, 6) is -1.21. The van der Waals surface area contributed by atoms with Gasteiger partial charge in [0.15, 0.2) is 17.3 Å². The van der Waals surface area contributed by atoms with Crippen molar-refractivity contribution in [1.29, 1.82) is 0 Å². The molecule has 0 aromatic heterocycles. The summed E-state index contributed by atoms with van der Waals surface area (Å²) in [6.45, 7) is 0.348. The van der Waals surface area contributed by atoms with Crippen LogP contribution in [0.2, 0.25) is 0 Å². The largest absolute Gasteiger partial charge is 0.493 e. The third-order valence-corrected chi connectivity index (χ3v) is 5.31. The molecule has 34 heavy (non-hydrogen) atoms. The van der Waals surface area contributed by atoms with E-state index in [1.807, 2.05) is 18.2 Å². The molecule has 0 fully saturated rings. The molecule has 7 nitrogen and oxygen atoms in total. The third kappa shape index (κ3) is 6.68. The molecule has 0 saturated heterocycles. The van der Waals surface area contributed by atoms with Gasteiger partial charge in [-0.2, -0.15) is 0 Å². The zero-order chi connectivity index (χ0) is 24.3. The summed E-state index contributed by atoms with van der Waals surface area (Å²) in [6, 6.07) is 22.9. The van der Waals surface area contributed by atoms with Gasteiger partial charge in [-0.1, -0.05) is 54.6 Å². The van der Waals surface area contributed by atoms with Gasteiger partial charge in [-0.25, -0.2) is 0 Å². The van der Waals surface area contributed by atoms with Crippen molar-refractivity contribution in [3.05, 3.63) is 90.0 Å². The van der Waals surface area contributed by atoms with E-state index in [1.165, 1.54) is 0 Å². The molecule has 0 bridgehead atoms. The zero-order valence-corrected chi connectivity index (χ0v) is 19.2. The summed E-state index contributed by atoms with van der Waals surface area (Å²) in [5.41, 5.74) is 1.90. The van der Waals surface area contributed by atoms with E-state index in [0.29, 0.717) is 35.7 Å². The molecule has 1 atom stereocenters. The topological polar surface area (TPSA) is 93.7 Å².